The molecule has 1 amide bonds. The number of aromatic nitrogens is 2. The molecule has 4 heteroatoms. The van der Waals surface area contributed by atoms with Gasteiger partial charge in [0.15, 0.2) is 0 Å². The quantitative estimate of drug-likeness (QED) is 0.878. The van der Waals surface area contributed by atoms with Gasteiger partial charge < -0.3 is 5.32 Å². The molecule has 0 aliphatic rings. The number of rotatable bonds is 5. The molecule has 2 N–H and O–H groups in total. The van der Waals surface area contributed by atoms with Gasteiger partial charge in [0, 0.05) is 17.5 Å². The lowest BCUT2D eigenvalue weighted by Crippen LogP contribution is -2.33. The van der Waals surface area contributed by atoms with Crippen LogP contribution in [0.25, 0.3) is 10.9 Å². The van der Waals surface area contributed by atoms with E-state index >= 15 is 0 Å². The number of fused-ring (bicyclic) bond motifs is 1. The summed E-state index contributed by atoms with van der Waals surface area (Å²) in [5.74, 6) is 1.60. The van der Waals surface area contributed by atoms with Crippen LogP contribution in [0.1, 0.15) is 38.1 Å². The van der Waals surface area contributed by atoms with E-state index in [1.807, 2.05) is 18.2 Å². The lowest BCUT2D eigenvalue weighted by Gasteiger charge is -2.25. The molecule has 4 nitrogen and oxygen atoms in total. The van der Waals surface area contributed by atoms with Crippen LogP contribution in [0.3, 0.4) is 0 Å². The summed E-state index contributed by atoms with van der Waals surface area (Å²) >= 11 is 0. The maximum Gasteiger partial charge on any atom is 0.251 e. The van der Waals surface area contributed by atoms with Crippen LogP contribution in [0.15, 0.2) is 24.4 Å². The molecule has 0 fully saturated rings. The predicted molar refractivity (Wildman–Crippen MR) is 81.6 cm³/mol. The monoisotopic (exact) mass is 273 g/mol. The number of nitrogens with one attached hydrogen (secondary N) is 2. The number of carbonyl (C=O) groups is 1. The Balaban J connectivity index is 2.04. The number of nitrogens with zero attached hydrogens (tertiary/aromatic N) is 1. The summed E-state index contributed by atoms with van der Waals surface area (Å²) in [4.78, 5) is 12.2. The molecule has 0 spiro atoms. The van der Waals surface area contributed by atoms with Gasteiger partial charge in [-0.3, -0.25) is 9.89 Å². The molecule has 20 heavy (non-hydrogen) atoms. The highest BCUT2D eigenvalue weighted by molar-refractivity contribution is 5.97. The van der Waals surface area contributed by atoms with E-state index in [4.69, 9.17) is 0 Å². The Bertz CT molecular complexity index is 578. The summed E-state index contributed by atoms with van der Waals surface area (Å²) in [7, 11) is 0. The van der Waals surface area contributed by atoms with Crippen LogP contribution in [0.5, 0.6) is 0 Å². The van der Waals surface area contributed by atoms with Gasteiger partial charge in [0.25, 0.3) is 5.91 Å². The second-order valence-electron chi connectivity index (χ2n) is 6.03. The fraction of sp³-hybridized carbons (Fsp3) is 0.500. The molecule has 1 aromatic heterocycles. The van der Waals surface area contributed by atoms with E-state index < -0.39 is 0 Å². The van der Waals surface area contributed by atoms with Gasteiger partial charge in [0.1, 0.15) is 0 Å². The van der Waals surface area contributed by atoms with Crippen molar-refractivity contribution in [2.75, 3.05) is 6.54 Å². The SMILES string of the molecule is CC(C)C(CNC(=O)c1ccc2cn[nH]c2c1)C(C)C. The molecular weight excluding hydrogens is 250 g/mol. The molecule has 0 aliphatic heterocycles. The van der Waals surface area contributed by atoms with Crippen LogP contribution >= 0.6 is 0 Å². The number of aromatic amines is 1. The summed E-state index contributed by atoms with van der Waals surface area (Å²) in [6, 6.07) is 5.60. The lowest BCUT2D eigenvalue weighted by atomic mass is 9.85. The van der Waals surface area contributed by atoms with Crippen molar-refractivity contribution in [2.45, 2.75) is 27.7 Å². The molecule has 0 aliphatic carbocycles. The van der Waals surface area contributed by atoms with Crippen molar-refractivity contribution in [1.29, 1.82) is 0 Å². The first-order valence-corrected chi connectivity index (χ1v) is 7.20. The number of benzene rings is 1. The first kappa shape index (κ1) is 14.6. The molecule has 1 aromatic carbocycles. The topological polar surface area (TPSA) is 57.8 Å². The second-order valence-corrected chi connectivity index (χ2v) is 6.03. The highest BCUT2D eigenvalue weighted by atomic mass is 16.1. The van der Waals surface area contributed by atoms with E-state index in [1.165, 1.54) is 0 Å². The predicted octanol–water partition coefficient (Wildman–Crippen LogP) is 3.22. The van der Waals surface area contributed by atoms with Crippen LogP contribution in [-0.2, 0) is 0 Å². The Hall–Kier alpha value is -1.84. The zero-order valence-electron chi connectivity index (χ0n) is 12.6. The molecule has 0 atom stereocenters. The number of H-pyrrole nitrogens is 1. The van der Waals surface area contributed by atoms with Crippen molar-refractivity contribution < 1.29 is 4.79 Å². The molecule has 0 saturated carbocycles. The van der Waals surface area contributed by atoms with E-state index in [1.54, 1.807) is 6.20 Å². The zero-order chi connectivity index (χ0) is 14.7. The average Bonchev–Trinajstić information content (AvgIpc) is 2.84. The highest BCUT2D eigenvalue weighted by Crippen LogP contribution is 2.19. The Labute approximate surface area is 120 Å². The fourth-order valence-electron chi connectivity index (χ4n) is 2.63. The smallest absolute Gasteiger partial charge is 0.251 e. The molecular formula is C16H23N3O. The van der Waals surface area contributed by atoms with Crippen LogP contribution in [0, 0.1) is 17.8 Å². The van der Waals surface area contributed by atoms with E-state index in [2.05, 4.69) is 43.2 Å². The fourth-order valence-corrected chi connectivity index (χ4v) is 2.63. The maximum atomic E-state index is 12.2. The largest absolute Gasteiger partial charge is 0.352 e. The lowest BCUT2D eigenvalue weighted by molar-refractivity contribution is 0.0937. The summed E-state index contributed by atoms with van der Waals surface area (Å²) in [6.45, 7) is 9.52. The maximum absolute atomic E-state index is 12.2. The van der Waals surface area contributed by atoms with Crippen molar-refractivity contribution in [3.05, 3.63) is 30.0 Å². The van der Waals surface area contributed by atoms with Crippen LogP contribution < -0.4 is 5.32 Å². The first-order chi connectivity index (χ1) is 9.49. The third-order valence-corrected chi connectivity index (χ3v) is 3.92. The van der Waals surface area contributed by atoms with Crippen LogP contribution in [-0.4, -0.2) is 22.6 Å². The van der Waals surface area contributed by atoms with Crippen molar-refractivity contribution in [2.24, 2.45) is 17.8 Å². The molecule has 1 heterocycles. The molecule has 0 unspecified atom stereocenters. The minimum absolute atomic E-state index is 0.0206. The molecule has 2 aromatic rings. The van der Waals surface area contributed by atoms with Gasteiger partial charge >= 0.3 is 0 Å². The summed E-state index contributed by atoms with van der Waals surface area (Å²) in [6.07, 6.45) is 1.75. The van der Waals surface area contributed by atoms with Crippen molar-refractivity contribution >= 4 is 16.8 Å². The Kier molecular flexibility index (Phi) is 4.42. The van der Waals surface area contributed by atoms with E-state index in [0.29, 0.717) is 23.3 Å². The Morgan fingerprint density at radius 2 is 1.95 bits per heavy atom. The molecule has 0 bridgehead atoms. The Morgan fingerprint density at radius 1 is 1.25 bits per heavy atom. The van der Waals surface area contributed by atoms with Gasteiger partial charge in [-0.15, -0.1) is 0 Å². The van der Waals surface area contributed by atoms with E-state index in [-0.39, 0.29) is 5.91 Å². The van der Waals surface area contributed by atoms with Gasteiger partial charge in [-0.25, -0.2) is 0 Å². The minimum Gasteiger partial charge on any atom is -0.352 e. The second kappa shape index (κ2) is 6.07. The summed E-state index contributed by atoms with van der Waals surface area (Å²) in [5.41, 5.74) is 1.56. The normalized spacial score (nSPS) is 11.8. The third-order valence-electron chi connectivity index (χ3n) is 3.92. The first-order valence-electron chi connectivity index (χ1n) is 7.20. The highest BCUT2D eigenvalue weighted by Gasteiger charge is 2.18. The van der Waals surface area contributed by atoms with Gasteiger partial charge in [-0.05, 0) is 29.9 Å². The van der Waals surface area contributed by atoms with Gasteiger partial charge in [0.2, 0.25) is 0 Å². The van der Waals surface area contributed by atoms with Gasteiger partial charge in [0.05, 0.1) is 11.7 Å². The van der Waals surface area contributed by atoms with E-state index in [9.17, 15) is 4.79 Å². The van der Waals surface area contributed by atoms with E-state index in [0.717, 1.165) is 17.4 Å². The number of carbonyl (C=O) groups excluding carboxylic acids is 1. The zero-order valence-corrected chi connectivity index (χ0v) is 12.6. The minimum atomic E-state index is -0.0206. The molecule has 2 rings (SSSR count). The van der Waals surface area contributed by atoms with Crippen molar-refractivity contribution in [3.63, 3.8) is 0 Å². The van der Waals surface area contributed by atoms with Gasteiger partial charge in [-0.2, -0.15) is 5.10 Å². The third kappa shape index (κ3) is 3.18. The van der Waals surface area contributed by atoms with Gasteiger partial charge in [-0.1, -0.05) is 33.8 Å². The number of hydrogen-bond acceptors (Lipinski definition) is 2. The van der Waals surface area contributed by atoms with Crippen molar-refractivity contribution in [3.8, 4) is 0 Å². The summed E-state index contributed by atoms with van der Waals surface area (Å²) in [5, 5.41) is 10.9. The number of hydrogen-bond donors (Lipinski definition) is 2. The average molecular weight is 273 g/mol. The molecule has 0 saturated heterocycles. The standard InChI is InChI=1S/C16H23N3O/c1-10(2)14(11(3)4)9-17-16(20)12-5-6-13-8-18-19-15(13)7-12/h5-8,10-11,14H,9H2,1-4H3,(H,17,20)(H,18,19). The van der Waals surface area contributed by atoms with Crippen LogP contribution in [0.2, 0.25) is 0 Å². The van der Waals surface area contributed by atoms with Crippen LogP contribution in [0.4, 0.5) is 0 Å². The summed E-state index contributed by atoms with van der Waals surface area (Å²) < 4.78 is 0. The Morgan fingerprint density at radius 3 is 2.60 bits per heavy atom. The number of amides is 1. The molecule has 108 valence electrons. The van der Waals surface area contributed by atoms with Crippen molar-refractivity contribution in [1.82, 2.24) is 15.5 Å². The molecule has 0 radical (unpaired) electrons.